The van der Waals surface area contributed by atoms with E-state index in [4.69, 9.17) is 11.6 Å². The number of piperazine rings is 1. The van der Waals surface area contributed by atoms with Crippen LogP contribution in [0.25, 0.3) is 0 Å². The van der Waals surface area contributed by atoms with Crippen LogP contribution in [0.15, 0.2) is 22.7 Å². The third-order valence-electron chi connectivity index (χ3n) is 3.50. The average Bonchev–Trinajstić information content (AvgIpc) is 2.33. The maximum Gasteiger partial charge on any atom is 0.0462 e. The Labute approximate surface area is 123 Å². The van der Waals surface area contributed by atoms with Crippen molar-refractivity contribution in [1.82, 2.24) is 10.2 Å². The summed E-state index contributed by atoms with van der Waals surface area (Å²) in [7, 11) is 0. The van der Waals surface area contributed by atoms with Gasteiger partial charge in [-0.2, -0.15) is 0 Å². The molecule has 1 heterocycles. The van der Waals surface area contributed by atoms with Gasteiger partial charge >= 0.3 is 0 Å². The molecule has 0 amide bonds. The van der Waals surface area contributed by atoms with Crippen LogP contribution in [0.4, 0.5) is 0 Å². The lowest BCUT2D eigenvalue weighted by molar-refractivity contribution is 0.168. The van der Waals surface area contributed by atoms with Gasteiger partial charge in [0.2, 0.25) is 0 Å². The predicted octanol–water partition coefficient (Wildman–Crippen LogP) is 3.53. The molecule has 0 bridgehead atoms. The summed E-state index contributed by atoms with van der Waals surface area (Å²) in [6.45, 7) is 8.75. The van der Waals surface area contributed by atoms with E-state index >= 15 is 0 Å². The van der Waals surface area contributed by atoms with Gasteiger partial charge in [0.1, 0.15) is 0 Å². The van der Waals surface area contributed by atoms with Crippen LogP contribution in [0.3, 0.4) is 0 Å². The molecule has 1 aromatic carbocycles. The molecule has 0 spiro atoms. The van der Waals surface area contributed by atoms with Crippen molar-refractivity contribution in [2.24, 2.45) is 5.92 Å². The number of nitrogens with zero attached hydrogens (tertiary/aromatic N) is 1. The highest BCUT2D eigenvalue weighted by Crippen LogP contribution is 2.23. The number of nitrogens with one attached hydrogen (secondary N) is 1. The summed E-state index contributed by atoms with van der Waals surface area (Å²) in [6.07, 6.45) is 0. The third-order valence-corrected chi connectivity index (χ3v) is 4.35. The van der Waals surface area contributed by atoms with E-state index in [1.54, 1.807) is 0 Å². The molecule has 1 aromatic rings. The van der Waals surface area contributed by atoms with Gasteiger partial charge in [-0.1, -0.05) is 47.4 Å². The van der Waals surface area contributed by atoms with Crippen molar-refractivity contribution in [2.45, 2.75) is 26.4 Å². The van der Waals surface area contributed by atoms with E-state index in [9.17, 15) is 0 Å². The monoisotopic (exact) mass is 330 g/mol. The molecule has 1 atom stereocenters. The Balaban J connectivity index is 2.00. The Morgan fingerprint density at radius 2 is 2.28 bits per heavy atom. The van der Waals surface area contributed by atoms with Gasteiger partial charge in [-0.15, -0.1) is 0 Å². The summed E-state index contributed by atoms with van der Waals surface area (Å²) in [5, 5.41) is 4.43. The van der Waals surface area contributed by atoms with Crippen molar-refractivity contribution >= 4 is 27.5 Å². The molecule has 0 radical (unpaired) electrons. The summed E-state index contributed by atoms with van der Waals surface area (Å²) < 4.78 is 1.04. The van der Waals surface area contributed by atoms with Gasteiger partial charge in [-0.25, -0.2) is 0 Å². The molecule has 4 heteroatoms. The van der Waals surface area contributed by atoms with E-state index in [0.717, 1.165) is 35.7 Å². The maximum atomic E-state index is 6.28. The first-order valence-electron chi connectivity index (χ1n) is 6.46. The van der Waals surface area contributed by atoms with E-state index in [0.29, 0.717) is 12.0 Å². The van der Waals surface area contributed by atoms with Crippen LogP contribution >= 0.6 is 27.5 Å². The average molecular weight is 332 g/mol. The number of rotatable bonds is 3. The molecular weight excluding hydrogens is 312 g/mol. The lowest BCUT2D eigenvalue weighted by Crippen LogP contribution is -2.52. The van der Waals surface area contributed by atoms with Crippen LogP contribution in [0.5, 0.6) is 0 Å². The minimum atomic E-state index is 0.591. The molecule has 100 valence electrons. The molecule has 1 unspecified atom stereocenters. The lowest BCUT2D eigenvalue weighted by atomic mass is 10.0. The SMILES string of the molecule is CC(C)C1CN(Cc2ccc(Br)cc2Cl)CCN1. The van der Waals surface area contributed by atoms with Gasteiger partial charge in [-0.3, -0.25) is 4.90 Å². The molecule has 1 fully saturated rings. The topological polar surface area (TPSA) is 15.3 Å². The molecule has 0 aliphatic carbocycles. The zero-order valence-electron chi connectivity index (χ0n) is 10.9. The maximum absolute atomic E-state index is 6.28. The Kier molecular flexibility index (Phi) is 5.07. The number of hydrogen-bond acceptors (Lipinski definition) is 2. The highest BCUT2D eigenvalue weighted by Gasteiger charge is 2.22. The van der Waals surface area contributed by atoms with Crippen molar-refractivity contribution in [3.63, 3.8) is 0 Å². The fourth-order valence-electron chi connectivity index (χ4n) is 2.32. The van der Waals surface area contributed by atoms with Crippen molar-refractivity contribution in [3.05, 3.63) is 33.3 Å². The molecule has 2 rings (SSSR count). The summed E-state index contributed by atoms with van der Waals surface area (Å²) in [4.78, 5) is 2.48. The van der Waals surface area contributed by atoms with Crippen LogP contribution in [0, 0.1) is 5.92 Å². The summed E-state index contributed by atoms with van der Waals surface area (Å²) in [5.41, 5.74) is 1.21. The van der Waals surface area contributed by atoms with E-state index < -0.39 is 0 Å². The van der Waals surface area contributed by atoms with Crippen LogP contribution in [0.2, 0.25) is 5.02 Å². The second-order valence-electron chi connectivity index (χ2n) is 5.28. The van der Waals surface area contributed by atoms with Gasteiger partial charge in [0.25, 0.3) is 0 Å². The van der Waals surface area contributed by atoms with Crippen molar-refractivity contribution in [2.75, 3.05) is 19.6 Å². The van der Waals surface area contributed by atoms with Gasteiger partial charge < -0.3 is 5.32 Å². The normalized spacial score (nSPS) is 21.5. The molecule has 1 aliphatic heterocycles. The second-order valence-corrected chi connectivity index (χ2v) is 6.60. The Morgan fingerprint density at radius 3 is 2.94 bits per heavy atom. The first-order valence-corrected chi connectivity index (χ1v) is 7.63. The zero-order chi connectivity index (χ0) is 13.1. The van der Waals surface area contributed by atoms with Gasteiger partial charge in [-0.05, 0) is 23.6 Å². The Morgan fingerprint density at radius 1 is 1.50 bits per heavy atom. The summed E-state index contributed by atoms with van der Waals surface area (Å²) in [5.74, 6) is 0.674. The van der Waals surface area contributed by atoms with Crippen molar-refractivity contribution < 1.29 is 0 Å². The third kappa shape index (κ3) is 3.70. The van der Waals surface area contributed by atoms with Crippen LogP contribution in [-0.4, -0.2) is 30.6 Å². The highest BCUT2D eigenvalue weighted by atomic mass is 79.9. The minimum absolute atomic E-state index is 0.591. The number of hydrogen-bond donors (Lipinski definition) is 1. The summed E-state index contributed by atoms with van der Waals surface area (Å²) in [6, 6.07) is 6.73. The molecule has 1 N–H and O–H groups in total. The molecule has 2 nitrogen and oxygen atoms in total. The molecule has 0 aromatic heterocycles. The van der Waals surface area contributed by atoms with Gasteiger partial charge in [0.15, 0.2) is 0 Å². The van der Waals surface area contributed by atoms with Crippen LogP contribution < -0.4 is 5.32 Å². The van der Waals surface area contributed by atoms with Gasteiger partial charge in [0, 0.05) is 41.7 Å². The highest BCUT2D eigenvalue weighted by molar-refractivity contribution is 9.10. The first kappa shape index (κ1) is 14.3. The number of benzene rings is 1. The standard InChI is InChI=1S/C14H20BrClN2/c1-10(2)14-9-18(6-5-17-14)8-11-3-4-12(15)7-13(11)16/h3-4,7,10,14,17H,5-6,8-9H2,1-2H3. The lowest BCUT2D eigenvalue weighted by Gasteiger charge is -2.35. The van der Waals surface area contributed by atoms with Crippen LogP contribution in [-0.2, 0) is 6.54 Å². The van der Waals surface area contributed by atoms with E-state index in [1.807, 2.05) is 6.07 Å². The van der Waals surface area contributed by atoms with Crippen molar-refractivity contribution in [3.8, 4) is 0 Å². The predicted molar refractivity (Wildman–Crippen MR) is 81.1 cm³/mol. The number of halogens is 2. The molecule has 18 heavy (non-hydrogen) atoms. The molecule has 1 aliphatic rings. The zero-order valence-corrected chi connectivity index (χ0v) is 13.3. The molecule has 1 saturated heterocycles. The Hall–Kier alpha value is -0.0900. The quantitative estimate of drug-likeness (QED) is 0.911. The van der Waals surface area contributed by atoms with E-state index in [1.165, 1.54) is 5.56 Å². The Bertz CT molecular complexity index is 409. The fraction of sp³-hybridized carbons (Fsp3) is 0.571. The molecular formula is C14H20BrClN2. The molecule has 0 saturated carbocycles. The second kappa shape index (κ2) is 6.38. The fourth-order valence-corrected chi connectivity index (χ4v) is 3.06. The van der Waals surface area contributed by atoms with E-state index in [2.05, 4.69) is 52.1 Å². The van der Waals surface area contributed by atoms with Crippen molar-refractivity contribution in [1.29, 1.82) is 0 Å². The summed E-state index contributed by atoms with van der Waals surface area (Å²) >= 11 is 9.72. The van der Waals surface area contributed by atoms with Crippen LogP contribution in [0.1, 0.15) is 19.4 Å². The first-order chi connectivity index (χ1) is 8.56. The minimum Gasteiger partial charge on any atom is -0.311 e. The van der Waals surface area contributed by atoms with E-state index in [-0.39, 0.29) is 0 Å². The van der Waals surface area contributed by atoms with Gasteiger partial charge in [0.05, 0.1) is 0 Å². The smallest absolute Gasteiger partial charge is 0.0462 e. The largest absolute Gasteiger partial charge is 0.311 e.